The number of rotatable bonds is 4. The zero-order valence-electron chi connectivity index (χ0n) is 8.76. The Bertz CT molecular complexity index is 299. The van der Waals surface area contributed by atoms with Crippen LogP contribution < -0.4 is 5.73 Å². The van der Waals surface area contributed by atoms with Crippen LogP contribution in [0, 0.1) is 0 Å². The zero-order valence-corrected chi connectivity index (χ0v) is 10.3. The minimum Gasteiger partial charge on any atom is -0.398 e. The fraction of sp³-hybridized carbons (Fsp3) is 0.455. The Hall–Kier alpha value is -0.540. The Morgan fingerprint density at radius 2 is 2.14 bits per heavy atom. The first-order valence-corrected chi connectivity index (χ1v) is 5.65. The number of benzene rings is 1. The van der Waals surface area contributed by atoms with Gasteiger partial charge in [0.2, 0.25) is 0 Å². The lowest BCUT2D eigenvalue weighted by molar-refractivity contribution is 0.327. The molecule has 0 unspecified atom stereocenters. The lowest BCUT2D eigenvalue weighted by Gasteiger charge is -2.15. The summed E-state index contributed by atoms with van der Waals surface area (Å²) in [4.78, 5) is 2.29. The van der Waals surface area contributed by atoms with Gasteiger partial charge in [-0.25, -0.2) is 0 Å². The number of nitrogens with zero attached hydrogens (tertiary/aromatic N) is 1. The second-order valence-corrected chi connectivity index (χ2v) is 4.45. The molecule has 0 bridgehead atoms. The van der Waals surface area contributed by atoms with Gasteiger partial charge in [0, 0.05) is 16.7 Å². The van der Waals surface area contributed by atoms with Crippen LogP contribution in [0.3, 0.4) is 0 Å². The Labute approximate surface area is 94.2 Å². The van der Waals surface area contributed by atoms with E-state index in [1.165, 1.54) is 12.0 Å². The summed E-state index contributed by atoms with van der Waals surface area (Å²) in [6.07, 6.45) is 1.18. The standard InChI is InChI=1S/C11H17BrN2/c1-3-6-14(2)8-9-4-5-10(12)11(13)7-9/h4-5,7H,3,6,8,13H2,1-2H3. The van der Waals surface area contributed by atoms with Crippen LogP contribution in [-0.4, -0.2) is 18.5 Å². The van der Waals surface area contributed by atoms with Gasteiger partial charge in [0.25, 0.3) is 0 Å². The molecule has 0 radical (unpaired) electrons. The first-order valence-electron chi connectivity index (χ1n) is 4.86. The van der Waals surface area contributed by atoms with Crippen LogP contribution in [0.2, 0.25) is 0 Å². The fourth-order valence-electron chi connectivity index (χ4n) is 1.46. The molecule has 0 amide bonds. The minimum atomic E-state index is 0.812. The molecular formula is C11H17BrN2. The van der Waals surface area contributed by atoms with Crippen LogP contribution >= 0.6 is 15.9 Å². The molecule has 1 rings (SSSR count). The molecular weight excluding hydrogens is 240 g/mol. The van der Waals surface area contributed by atoms with Gasteiger partial charge in [-0.15, -0.1) is 0 Å². The Morgan fingerprint density at radius 3 is 2.71 bits per heavy atom. The van der Waals surface area contributed by atoms with Crippen LogP contribution in [-0.2, 0) is 6.54 Å². The fourth-order valence-corrected chi connectivity index (χ4v) is 1.71. The normalized spacial score (nSPS) is 10.9. The summed E-state index contributed by atoms with van der Waals surface area (Å²) in [5.74, 6) is 0. The molecule has 0 aliphatic rings. The predicted octanol–water partition coefficient (Wildman–Crippen LogP) is 2.87. The third-order valence-electron chi connectivity index (χ3n) is 2.12. The average molecular weight is 257 g/mol. The van der Waals surface area contributed by atoms with Gasteiger partial charge >= 0.3 is 0 Å². The summed E-state index contributed by atoms with van der Waals surface area (Å²) in [5.41, 5.74) is 7.88. The maximum atomic E-state index is 5.80. The van der Waals surface area contributed by atoms with E-state index in [1.807, 2.05) is 12.1 Å². The molecule has 0 saturated carbocycles. The van der Waals surface area contributed by atoms with Crippen LogP contribution in [0.5, 0.6) is 0 Å². The number of anilines is 1. The third-order valence-corrected chi connectivity index (χ3v) is 2.84. The van der Waals surface area contributed by atoms with Gasteiger partial charge in [0.05, 0.1) is 0 Å². The van der Waals surface area contributed by atoms with Crippen molar-refractivity contribution in [3.05, 3.63) is 28.2 Å². The summed E-state index contributed by atoms with van der Waals surface area (Å²) in [6, 6.07) is 6.13. The van der Waals surface area contributed by atoms with Gasteiger partial charge < -0.3 is 10.6 Å². The molecule has 78 valence electrons. The Kier molecular flexibility index (Phi) is 4.42. The second-order valence-electron chi connectivity index (χ2n) is 3.59. The van der Waals surface area contributed by atoms with Gasteiger partial charge in [-0.05, 0) is 53.6 Å². The highest BCUT2D eigenvalue weighted by molar-refractivity contribution is 9.10. The summed E-state index contributed by atoms with van der Waals surface area (Å²) >= 11 is 3.39. The van der Waals surface area contributed by atoms with Crippen molar-refractivity contribution in [2.75, 3.05) is 19.3 Å². The molecule has 2 N–H and O–H groups in total. The van der Waals surface area contributed by atoms with Gasteiger partial charge in [-0.2, -0.15) is 0 Å². The number of nitrogens with two attached hydrogens (primary N) is 1. The quantitative estimate of drug-likeness (QED) is 0.840. The number of halogens is 1. The average Bonchev–Trinajstić information content (AvgIpc) is 2.12. The van der Waals surface area contributed by atoms with Gasteiger partial charge in [0.15, 0.2) is 0 Å². The molecule has 0 spiro atoms. The highest BCUT2D eigenvalue weighted by atomic mass is 79.9. The molecule has 3 heteroatoms. The molecule has 14 heavy (non-hydrogen) atoms. The summed E-state index contributed by atoms with van der Waals surface area (Å²) in [6.45, 7) is 4.27. The van der Waals surface area contributed by atoms with Crippen molar-refractivity contribution in [3.63, 3.8) is 0 Å². The lowest BCUT2D eigenvalue weighted by Crippen LogP contribution is -2.18. The molecule has 0 aliphatic heterocycles. The van der Waals surface area contributed by atoms with E-state index in [-0.39, 0.29) is 0 Å². The monoisotopic (exact) mass is 256 g/mol. The predicted molar refractivity (Wildman–Crippen MR) is 65.2 cm³/mol. The van der Waals surface area contributed by atoms with Crippen LogP contribution in [0.1, 0.15) is 18.9 Å². The molecule has 2 nitrogen and oxygen atoms in total. The smallest absolute Gasteiger partial charge is 0.0461 e. The van der Waals surface area contributed by atoms with Crippen molar-refractivity contribution in [1.29, 1.82) is 0 Å². The zero-order chi connectivity index (χ0) is 10.6. The largest absolute Gasteiger partial charge is 0.398 e. The van der Waals surface area contributed by atoms with Crippen molar-refractivity contribution in [2.24, 2.45) is 0 Å². The molecule has 1 aromatic rings. The maximum absolute atomic E-state index is 5.80. The van der Waals surface area contributed by atoms with Crippen LogP contribution in [0.15, 0.2) is 22.7 Å². The van der Waals surface area contributed by atoms with E-state index in [1.54, 1.807) is 0 Å². The molecule has 0 aliphatic carbocycles. The van der Waals surface area contributed by atoms with Crippen LogP contribution in [0.4, 0.5) is 5.69 Å². The molecule has 0 fully saturated rings. The van der Waals surface area contributed by atoms with Crippen molar-refractivity contribution in [2.45, 2.75) is 19.9 Å². The summed E-state index contributed by atoms with van der Waals surface area (Å²) < 4.78 is 0.972. The van der Waals surface area contributed by atoms with Gasteiger partial charge in [-0.3, -0.25) is 0 Å². The number of nitrogen functional groups attached to an aromatic ring is 1. The molecule has 0 saturated heterocycles. The number of hydrogen-bond donors (Lipinski definition) is 1. The first kappa shape index (κ1) is 11.5. The molecule has 0 aromatic heterocycles. The third kappa shape index (κ3) is 3.31. The van der Waals surface area contributed by atoms with Crippen molar-refractivity contribution < 1.29 is 0 Å². The van der Waals surface area contributed by atoms with Crippen LogP contribution in [0.25, 0.3) is 0 Å². The van der Waals surface area contributed by atoms with E-state index < -0.39 is 0 Å². The van der Waals surface area contributed by atoms with E-state index in [4.69, 9.17) is 5.73 Å². The highest BCUT2D eigenvalue weighted by Crippen LogP contribution is 2.20. The minimum absolute atomic E-state index is 0.812. The Morgan fingerprint density at radius 1 is 1.43 bits per heavy atom. The van der Waals surface area contributed by atoms with E-state index in [0.717, 1.165) is 23.2 Å². The van der Waals surface area contributed by atoms with E-state index in [9.17, 15) is 0 Å². The Balaban J connectivity index is 2.63. The highest BCUT2D eigenvalue weighted by Gasteiger charge is 2.01. The number of hydrogen-bond acceptors (Lipinski definition) is 2. The van der Waals surface area contributed by atoms with Crippen molar-refractivity contribution >= 4 is 21.6 Å². The van der Waals surface area contributed by atoms with Crippen molar-refractivity contribution in [1.82, 2.24) is 4.90 Å². The van der Waals surface area contributed by atoms with Gasteiger partial charge in [0.1, 0.15) is 0 Å². The van der Waals surface area contributed by atoms with E-state index >= 15 is 0 Å². The molecule has 1 aromatic carbocycles. The van der Waals surface area contributed by atoms with Gasteiger partial charge in [-0.1, -0.05) is 13.0 Å². The SMILES string of the molecule is CCCN(C)Cc1ccc(Br)c(N)c1. The van der Waals surface area contributed by atoms with Crippen molar-refractivity contribution in [3.8, 4) is 0 Å². The van der Waals surface area contributed by atoms with E-state index in [2.05, 4.69) is 40.9 Å². The summed E-state index contributed by atoms with van der Waals surface area (Å²) in [7, 11) is 2.13. The topological polar surface area (TPSA) is 29.3 Å². The first-order chi connectivity index (χ1) is 6.63. The lowest BCUT2D eigenvalue weighted by atomic mass is 10.2. The maximum Gasteiger partial charge on any atom is 0.0461 e. The second kappa shape index (κ2) is 5.37. The van der Waals surface area contributed by atoms with E-state index in [0.29, 0.717) is 0 Å². The summed E-state index contributed by atoms with van der Waals surface area (Å²) in [5, 5.41) is 0. The molecule has 0 atom stereocenters. The molecule has 0 heterocycles.